The number of nitrogens with one attached hydrogen (secondary N) is 1. The smallest absolute Gasteiger partial charge is 0.345 e. The second kappa shape index (κ2) is 4.48. The zero-order valence-electron chi connectivity index (χ0n) is 9.40. The largest absolute Gasteiger partial charge is 0.479 e. The van der Waals surface area contributed by atoms with E-state index in [9.17, 15) is 19.8 Å². The lowest BCUT2D eigenvalue weighted by atomic mass is 10.0. The fraction of sp³-hybridized carbons (Fsp3) is 0.500. The van der Waals surface area contributed by atoms with Crippen LogP contribution in [0.4, 0.5) is 0 Å². The van der Waals surface area contributed by atoms with Crippen LogP contribution in [0.25, 0.3) is 0 Å². The van der Waals surface area contributed by atoms with Gasteiger partial charge in [0.25, 0.3) is 0 Å². The Morgan fingerprint density at radius 2 is 2.11 bits per heavy atom. The average Bonchev–Trinajstić information content (AvgIpc) is 2.60. The highest BCUT2D eigenvalue weighted by atomic mass is 16.6. The number of aryl methyl sites for hydroxylation is 1. The van der Waals surface area contributed by atoms with Gasteiger partial charge in [-0.2, -0.15) is 4.98 Å². The molecule has 0 bridgehead atoms. The van der Waals surface area contributed by atoms with Gasteiger partial charge in [-0.15, -0.1) is 0 Å². The van der Waals surface area contributed by atoms with E-state index in [0.717, 1.165) is 0 Å². The third-order valence-electron chi connectivity index (χ3n) is 2.81. The lowest BCUT2D eigenvalue weighted by Gasteiger charge is -2.15. The number of carboxylic acid groups (broad SMARTS) is 1. The van der Waals surface area contributed by atoms with Gasteiger partial charge in [0.1, 0.15) is 18.3 Å². The monoisotopic (exact) mass is 256 g/mol. The van der Waals surface area contributed by atoms with E-state index in [1.807, 2.05) is 0 Å². The Labute approximate surface area is 101 Å². The summed E-state index contributed by atoms with van der Waals surface area (Å²) in [6.07, 6.45) is -4.30. The molecule has 0 saturated carbocycles. The van der Waals surface area contributed by atoms with E-state index in [-0.39, 0.29) is 5.69 Å². The summed E-state index contributed by atoms with van der Waals surface area (Å²) in [6, 6.07) is 0. The minimum Gasteiger partial charge on any atom is -0.479 e. The number of aliphatic hydroxyl groups is 2. The molecule has 0 aromatic carbocycles. The number of hydrogen-bond donors (Lipinski definition) is 4. The molecule has 0 spiro atoms. The molecule has 0 radical (unpaired) electrons. The van der Waals surface area contributed by atoms with Gasteiger partial charge in [-0.1, -0.05) is 0 Å². The molecule has 1 aromatic heterocycles. The summed E-state index contributed by atoms with van der Waals surface area (Å²) in [6.45, 7) is 1.62. The first kappa shape index (κ1) is 12.7. The molecule has 1 aromatic rings. The van der Waals surface area contributed by atoms with Crippen molar-refractivity contribution in [1.29, 1.82) is 0 Å². The van der Waals surface area contributed by atoms with Crippen molar-refractivity contribution in [3.8, 4) is 0 Å². The van der Waals surface area contributed by atoms with Crippen molar-refractivity contribution in [1.82, 2.24) is 9.97 Å². The molecular weight excluding hydrogens is 244 g/mol. The van der Waals surface area contributed by atoms with Gasteiger partial charge in [-0.25, -0.2) is 9.59 Å². The summed E-state index contributed by atoms with van der Waals surface area (Å²) in [5.41, 5.74) is 0.00519. The van der Waals surface area contributed by atoms with Gasteiger partial charge in [0.2, 0.25) is 0 Å². The van der Waals surface area contributed by atoms with Crippen LogP contribution in [0.5, 0.6) is 0 Å². The Morgan fingerprint density at radius 1 is 1.44 bits per heavy atom. The molecule has 18 heavy (non-hydrogen) atoms. The maximum absolute atomic E-state index is 11.1. The van der Waals surface area contributed by atoms with E-state index in [0.29, 0.717) is 5.56 Å². The summed E-state index contributed by atoms with van der Waals surface area (Å²) in [7, 11) is 0. The minimum atomic E-state index is -1.56. The lowest BCUT2D eigenvalue weighted by Crippen LogP contribution is -2.35. The molecule has 1 saturated heterocycles. The van der Waals surface area contributed by atoms with Crippen molar-refractivity contribution >= 4 is 5.97 Å². The number of aliphatic hydroxyl groups excluding tert-OH is 2. The topological polar surface area (TPSA) is 133 Å². The summed E-state index contributed by atoms with van der Waals surface area (Å²) in [4.78, 5) is 27.9. The summed E-state index contributed by atoms with van der Waals surface area (Å²) in [5.74, 6) is -1.38. The highest BCUT2D eigenvalue weighted by Crippen LogP contribution is 2.33. The Hall–Kier alpha value is -1.77. The van der Waals surface area contributed by atoms with Crippen LogP contribution < -0.4 is 5.69 Å². The van der Waals surface area contributed by atoms with Crippen LogP contribution in [-0.4, -0.2) is 49.6 Å². The molecule has 4 atom stereocenters. The number of aromatic nitrogens is 2. The minimum absolute atomic E-state index is 0.119. The maximum atomic E-state index is 11.1. The SMILES string of the molecule is Cc1c[nH]c(=O)nc1C1O[C@H](C(=O)O)[C@@H](O)[C@H]1O. The van der Waals surface area contributed by atoms with E-state index in [2.05, 4.69) is 9.97 Å². The second-order valence-electron chi connectivity index (χ2n) is 4.07. The van der Waals surface area contributed by atoms with Gasteiger partial charge in [0.05, 0.1) is 5.69 Å². The Bertz CT molecular complexity index is 527. The van der Waals surface area contributed by atoms with Crippen molar-refractivity contribution in [2.75, 3.05) is 0 Å². The third-order valence-corrected chi connectivity index (χ3v) is 2.81. The highest BCUT2D eigenvalue weighted by Gasteiger charge is 2.48. The number of ether oxygens (including phenoxy) is 1. The number of carboxylic acids is 1. The lowest BCUT2D eigenvalue weighted by molar-refractivity contribution is -0.153. The molecule has 8 heteroatoms. The molecule has 4 N–H and O–H groups in total. The first-order chi connectivity index (χ1) is 8.41. The second-order valence-corrected chi connectivity index (χ2v) is 4.07. The number of rotatable bonds is 2. The standard InChI is InChI=1S/C10H12N2O6/c1-3-2-11-10(17)12-4(3)7-5(13)6(14)8(18-7)9(15)16/h2,5-8,13-14H,1H3,(H,15,16)(H,11,12,17)/t5-,6+,7?,8+/m1/s1. The third kappa shape index (κ3) is 2.01. The van der Waals surface area contributed by atoms with Crippen LogP contribution in [0.15, 0.2) is 11.0 Å². The Balaban J connectivity index is 2.37. The van der Waals surface area contributed by atoms with E-state index < -0.39 is 36.1 Å². The molecule has 2 rings (SSSR count). The predicted molar refractivity (Wildman–Crippen MR) is 56.9 cm³/mol. The summed E-state index contributed by atoms with van der Waals surface area (Å²) >= 11 is 0. The van der Waals surface area contributed by atoms with Gasteiger partial charge in [0.15, 0.2) is 6.10 Å². The van der Waals surface area contributed by atoms with E-state index in [4.69, 9.17) is 9.84 Å². The number of H-pyrrole nitrogens is 1. The normalized spacial score (nSPS) is 31.5. The first-order valence-corrected chi connectivity index (χ1v) is 5.22. The number of carbonyl (C=O) groups is 1. The van der Waals surface area contributed by atoms with Gasteiger partial charge in [-0.05, 0) is 12.5 Å². The molecule has 2 heterocycles. The van der Waals surface area contributed by atoms with Gasteiger partial charge < -0.3 is 25.0 Å². The van der Waals surface area contributed by atoms with Crippen LogP contribution >= 0.6 is 0 Å². The van der Waals surface area contributed by atoms with Crippen molar-refractivity contribution in [2.24, 2.45) is 0 Å². The van der Waals surface area contributed by atoms with Crippen LogP contribution in [0, 0.1) is 6.92 Å². The predicted octanol–water partition coefficient (Wildman–Crippen LogP) is -1.68. The number of aliphatic carboxylic acids is 1. The molecule has 1 unspecified atom stereocenters. The summed E-state index contributed by atoms with van der Waals surface area (Å²) in [5, 5.41) is 28.1. The Kier molecular flexibility index (Phi) is 3.16. The molecule has 0 aliphatic carbocycles. The fourth-order valence-electron chi connectivity index (χ4n) is 1.87. The molecule has 1 aliphatic heterocycles. The fourth-order valence-corrected chi connectivity index (χ4v) is 1.87. The molecule has 98 valence electrons. The van der Waals surface area contributed by atoms with Crippen molar-refractivity contribution < 1.29 is 24.9 Å². The molecule has 1 fully saturated rings. The van der Waals surface area contributed by atoms with Gasteiger partial charge in [0, 0.05) is 6.20 Å². The van der Waals surface area contributed by atoms with Gasteiger partial charge in [-0.3, -0.25) is 0 Å². The van der Waals surface area contributed by atoms with Crippen LogP contribution in [-0.2, 0) is 9.53 Å². The zero-order valence-corrected chi connectivity index (χ0v) is 9.40. The average molecular weight is 256 g/mol. The molecule has 1 aliphatic rings. The quantitative estimate of drug-likeness (QED) is 0.497. The van der Waals surface area contributed by atoms with Crippen LogP contribution in [0.2, 0.25) is 0 Å². The van der Waals surface area contributed by atoms with Crippen molar-refractivity contribution in [3.05, 3.63) is 27.9 Å². The first-order valence-electron chi connectivity index (χ1n) is 5.22. The zero-order chi connectivity index (χ0) is 13.4. The molecular formula is C10H12N2O6. The van der Waals surface area contributed by atoms with E-state index in [1.54, 1.807) is 6.92 Å². The van der Waals surface area contributed by atoms with E-state index >= 15 is 0 Å². The number of nitrogens with zero attached hydrogens (tertiary/aromatic N) is 1. The molecule has 8 nitrogen and oxygen atoms in total. The Morgan fingerprint density at radius 3 is 2.67 bits per heavy atom. The summed E-state index contributed by atoms with van der Waals surface area (Å²) < 4.78 is 5.05. The highest BCUT2D eigenvalue weighted by molar-refractivity contribution is 5.73. The number of hydrogen-bond acceptors (Lipinski definition) is 6. The van der Waals surface area contributed by atoms with Crippen molar-refractivity contribution in [2.45, 2.75) is 31.3 Å². The van der Waals surface area contributed by atoms with Crippen LogP contribution in [0.3, 0.4) is 0 Å². The van der Waals surface area contributed by atoms with Gasteiger partial charge >= 0.3 is 11.7 Å². The van der Waals surface area contributed by atoms with Crippen molar-refractivity contribution in [3.63, 3.8) is 0 Å². The van der Waals surface area contributed by atoms with E-state index in [1.165, 1.54) is 6.20 Å². The maximum Gasteiger partial charge on any atom is 0.345 e. The van der Waals surface area contributed by atoms with Crippen LogP contribution in [0.1, 0.15) is 17.4 Å². The molecule has 0 amide bonds. The number of aromatic amines is 1.